The standard InChI is InChI=1S/C8H18NOP/c1-8(2)4-7(5-10-11)9(3)6-8/h7H,4-6,11H2,1-3H3. The first-order valence-electron chi connectivity index (χ1n) is 4.07. The smallest absolute Gasteiger partial charge is 0.0657 e. The summed E-state index contributed by atoms with van der Waals surface area (Å²) in [5.41, 5.74) is 0.475. The summed E-state index contributed by atoms with van der Waals surface area (Å²) in [6, 6.07) is 0.613. The third kappa shape index (κ3) is 2.40. The van der Waals surface area contributed by atoms with Gasteiger partial charge in [0.1, 0.15) is 0 Å². The minimum absolute atomic E-state index is 0.475. The minimum Gasteiger partial charge on any atom is -0.364 e. The van der Waals surface area contributed by atoms with Crippen molar-refractivity contribution in [1.29, 1.82) is 0 Å². The number of likely N-dealkylation sites (tertiary alicyclic amines) is 1. The Morgan fingerprint density at radius 1 is 1.64 bits per heavy atom. The van der Waals surface area contributed by atoms with Crippen LogP contribution in [-0.4, -0.2) is 31.1 Å². The van der Waals surface area contributed by atoms with Gasteiger partial charge in [-0.15, -0.1) is 0 Å². The van der Waals surface area contributed by atoms with E-state index in [1.54, 1.807) is 0 Å². The predicted octanol–water partition coefficient (Wildman–Crippen LogP) is 1.52. The SMILES string of the molecule is CN1CC(C)(C)CC1COP. The van der Waals surface area contributed by atoms with Crippen LogP contribution in [0.2, 0.25) is 0 Å². The minimum atomic E-state index is 0.475. The van der Waals surface area contributed by atoms with Gasteiger partial charge in [0.25, 0.3) is 0 Å². The van der Waals surface area contributed by atoms with Gasteiger partial charge in [-0.05, 0) is 18.9 Å². The van der Waals surface area contributed by atoms with Crippen LogP contribution in [0.15, 0.2) is 0 Å². The highest BCUT2D eigenvalue weighted by Gasteiger charge is 2.34. The molecule has 1 heterocycles. The van der Waals surface area contributed by atoms with E-state index in [4.69, 9.17) is 4.52 Å². The molecule has 1 fully saturated rings. The molecule has 66 valence electrons. The Balaban J connectivity index is 2.45. The average molecular weight is 175 g/mol. The van der Waals surface area contributed by atoms with Gasteiger partial charge < -0.3 is 9.42 Å². The summed E-state index contributed by atoms with van der Waals surface area (Å²) in [5, 5.41) is 0. The molecule has 1 aliphatic heterocycles. The van der Waals surface area contributed by atoms with Crippen LogP contribution in [0.5, 0.6) is 0 Å². The molecule has 0 amide bonds. The third-order valence-corrected chi connectivity index (χ3v) is 2.57. The Morgan fingerprint density at radius 2 is 2.27 bits per heavy atom. The Bertz CT molecular complexity index is 138. The molecule has 0 bridgehead atoms. The van der Waals surface area contributed by atoms with E-state index >= 15 is 0 Å². The molecule has 3 heteroatoms. The third-order valence-electron chi connectivity index (χ3n) is 2.38. The first-order chi connectivity index (χ1) is 5.05. The lowest BCUT2D eigenvalue weighted by atomic mass is 9.91. The van der Waals surface area contributed by atoms with Gasteiger partial charge in [-0.2, -0.15) is 0 Å². The second-order valence-corrected chi connectivity index (χ2v) is 4.60. The summed E-state index contributed by atoms with van der Waals surface area (Å²) in [4.78, 5) is 2.38. The van der Waals surface area contributed by atoms with E-state index in [9.17, 15) is 0 Å². The summed E-state index contributed by atoms with van der Waals surface area (Å²) >= 11 is 0. The Hall–Kier alpha value is 0.350. The van der Waals surface area contributed by atoms with Crippen molar-refractivity contribution in [3.8, 4) is 0 Å². The zero-order chi connectivity index (χ0) is 8.48. The van der Waals surface area contributed by atoms with Gasteiger partial charge in [-0.25, -0.2) is 0 Å². The Kier molecular flexibility index (Phi) is 2.90. The molecule has 2 atom stereocenters. The molecule has 0 spiro atoms. The fourth-order valence-electron chi connectivity index (χ4n) is 1.96. The molecule has 0 aliphatic carbocycles. The van der Waals surface area contributed by atoms with Gasteiger partial charge in [-0.1, -0.05) is 13.8 Å². The van der Waals surface area contributed by atoms with Gasteiger partial charge >= 0.3 is 0 Å². The van der Waals surface area contributed by atoms with Gasteiger partial charge in [0.15, 0.2) is 0 Å². The molecule has 0 radical (unpaired) electrons. The van der Waals surface area contributed by atoms with Crippen LogP contribution in [-0.2, 0) is 4.52 Å². The molecule has 0 aromatic heterocycles. The Labute approximate surface area is 71.6 Å². The summed E-state index contributed by atoms with van der Waals surface area (Å²) in [7, 11) is 4.49. The molecule has 11 heavy (non-hydrogen) atoms. The normalized spacial score (nSPS) is 31.1. The largest absolute Gasteiger partial charge is 0.364 e. The highest BCUT2D eigenvalue weighted by molar-refractivity contribution is 7.09. The van der Waals surface area contributed by atoms with Gasteiger partial charge in [-0.3, -0.25) is 0 Å². The zero-order valence-corrected chi connectivity index (χ0v) is 8.79. The maximum atomic E-state index is 5.06. The first-order valence-corrected chi connectivity index (χ1v) is 4.54. The van der Waals surface area contributed by atoms with E-state index in [0.717, 1.165) is 6.61 Å². The molecule has 0 saturated carbocycles. The van der Waals surface area contributed by atoms with E-state index < -0.39 is 0 Å². The highest BCUT2D eigenvalue weighted by atomic mass is 31.0. The van der Waals surface area contributed by atoms with Crippen LogP contribution in [0.1, 0.15) is 20.3 Å². The number of hydrogen-bond acceptors (Lipinski definition) is 2. The van der Waals surface area contributed by atoms with E-state index in [1.807, 2.05) is 0 Å². The number of nitrogens with zero attached hydrogens (tertiary/aromatic N) is 1. The quantitative estimate of drug-likeness (QED) is 0.590. The molecule has 2 unspecified atom stereocenters. The van der Waals surface area contributed by atoms with Crippen molar-refractivity contribution in [3.05, 3.63) is 0 Å². The van der Waals surface area contributed by atoms with Crippen LogP contribution in [0.3, 0.4) is 0 Å². The monoisotopic (exact) mass is 175 g/mol. The fraction of sp³-hybridized carbons (Fsp3) is 1.00. The van der Waals surface area contributed by atoms with Crippen LogP contribution >= 0.6 is 9.47 Å². The van der Waals surface area contributed by atoms with E-state index in [0.29, 0.717) is 11.5 Å². The number of hydrogen-bond donors (Lipinski definition) is 0. The van der Waals surface area contributed by atoms with Crippen molar-refractivity contribution < 1.29 is 4.52 Å². The molecule has 0 aromatic rings. The fourth-order valence-corrected chi connectivity index (χ4v) is 2.18. The van der Waals surface area contributed by atoms with Crippen LogP contribution in [0.4, 0.5) is 0 Å². The lowest BCUT2D eigenvalue weighted by molar-refractivity contribution is 0.218. The average Bonchev–Trinajstić information content (AvgIpc) is 2.07. The van der Waals surface area contributed by atoms with Crippen molar-refractivity contribution >= 4 is 9.47 Å². The van der Waals surface area contributed by atoms with E-state index in [2.05, 4.69) is 35.3 Å². The summed E-state index contributed by atoms with van der Waals surface area (Å²) < 4.78 is 5.06. The van der Waals surface area contributed by atoms with Gasteiger partial charge in [0.2, 0.25) is 0 Å². The molecule has 0 N–H and O–H groups in total. The highest BCUT2D eigenvalue weighted by Crippen LogP contribution is 2.32. The lowest BCUT2D eigenvalue weighted by Crippen LogP contribution is -2.28. The van der Waals surface area contributed by atoms with Crippen LogP contribution < -0.4 is 0 Å². The maximum Gasteiger partial charge on any atom is 0.0657 e. The summed E-state index contributed by atoms with van der Waals surface area (Å²) in [6.07, 6.45) is 1.25. The van der Waals surface area contributed by atoms with Crippen LogP contribution in [0, 0.1) is 5.41 Å². The van der Waals surface area contributed by atoms with E-state index in [1.165, 1.54) is 13.0 Å². The summed E-state index contributed by atoms with van der Waals surface area (Å²) in [5.74, 6) is 0. The molecule has 1 rings (SSSR count). The van der Waals surface area contributed by atoms with Crippen molar-refractivity contribution in [1.82, 2.24) is 4.90 Å². The zero-order valence-electron chi connectivity index (χ0n) is 7.63. The molecule has 1 aliphatic rings. The van der Waals surface area contributed by atoms with Gasteiger partial charge in [0, 0.05) is 22.1 Å². The Morgan fingerprint density at radius 3 is 2.64 bits per heavy atom. The van der Waals surface area contributed by atoms with Crippen molar-refractivity contribution in [2.45, 2.75) is 26.3 Å². The number of rotatable bonds is 2. The van der Waals surface area contributed by atoms with Crippen LogP contribution in [0.25, 0.3) is 0 Å². The van der Waals surface area contributed by atoms with E-state index in [-0.39, 0.29) is 0 Å². The molecular formula is C8H18NOP. The maximum absolute atomic E-state index is 5.06. The van der Waals surface area contributed by atoms with Crippen molar-refractivity contribution in [2.24, 2.45) is 5.41 Å². The molecule has 2 nitrogen and oxygen atoms in total. The predicted molar refractivity (Wildman–Crippen MR) is 50.5 cm³/mol. The second-order valence-electron chi connectivity index (χ2n) is 4.27. The van der Waals surface area contributed by atoms with Crippen molar-refractivity contribution in [3.63, 3.8) is 0 Å². The van der Waals surface area contributed by atoms with Gasteiger partial charge in [0.05, 0.1) is 6.61 Å². The second kappa shape index (κ2) is 3.38. The number of likely N-dealkylation sites (N-methyl/N-ethyl adjacent to an activating group) is 1. The molecular weight excluding hydrogens is 157 g/mol. The van der Waals surface area contributed by atoms with Crippen molar-refractivity contribution in [2.75, 3.05) is 20.2 Å². The topological polar surface area (TPSA) is 12.5 Å². The lowest BCUT2D eigenvalue weighted by Gasteiger charge is -2.17. The summed E-state index contributed by atoms with van der Waals surface area (Å²) in [6.45, 7) is 6.65. The molecule has 0 aromatic carbocycles. The molecule has 1 saturated heterocycles. The first kappa shape index (κ1) is 9.44.